The number of nitrogens with two attached hydrogens (primary N) is 1. The summed E-state index contributed by atoms with van der Waals surface area (Å²) in [5.74, 6) is -0.642. The summed E-state index contributed by atoms with van der Waals surface area (Å²) in [6.45, 7) is 2.39. The van der Waals surface area contributed by atoms with Gasteiger partial charge < -0.3 is 10.5 Å². The average molecular weight is 438 g/mol. The summed E-state index contributed by atoms with van der Waals surface area (Å²) < 4.78 is 5.41. The van der Waals surface area contributed by atoms with Crippen LogP contribution in [0.15, 0.2) is 91.0 Å². The molecule has 4 aromatic rings. The zero-order valence-corrected chi connectivity index (χ0v) is 18.7. The van der Waals surface area contributed by atoms with Gasteiger partial charge in [0.25, 0.3) is 0 Å². The summed E-state index contributed by atoms with van der Waals surface area (Å²) in [7, 11) is 0. The van der Waals surface area contributed by atoms with Crippen molar-refractivity contribution in [2.75, 3.05) is 6.54 Å². The predicted molar refractivity (Wildman–Crippen MR) is 131 cm³/mol. The Labute approximate surface area is 194 Å². The summed E-state index contributed by atoms with van der Waals surface area (Å²) in [6, 6.07) is 29.0. The van der Waals surface area contributed by atoms with Crippen molar-refractivity contribution >= 4 is 22.5 Å². The van der Waals surface area contributed by atoms with Gasteiger partial charge in [0.1, 0.15) is 12.4 Å². The van der Waals surface area contributed by atoms with Gasteiger partial charge >= 0.3 is 5.97 Å². The number of Topliss-reactive ketones (excluding diaryl/α,β-unsaturated/α-hetero) is 1. The van der Waals surface area contributed by atoms with Crippen molar-refractivity contribution in [2.45, 2.75) is 25.9 Å². The normalized spacial score (nSPS) is 11.8. The van der Waals surface area contributed by atoms with Crippen LogP contribution in [0.4, 0.5) is 0 Å². The lowest BCUT2D eigenvalue weighted by molar-refractivity contribution is -0.119. The lowest BCUT2D eigenvalue weighted by atomic mass is 9.90. The van der Waals surface area contributed by atoms with Crippen LogP contribution < -0.4 is 5.73 Å². The van der Waals surface area contributed by atoms with E-state index in [1.807, 2.05) is 73.7 Å². The highest BCUT2D eigenvalue weighted by Gasteiger charge is 2.19. The fourth-order valence-corrected chi connectivity index (χ4v) is 3.89. The summed E-state index contributed by atoms with van der Waals surface area (Å²) in [5, 5.41) is 2.28. The minimum atomic E-state index is -0.374. The topological polar surface area (TPSA) is 69.4 Å². The van der Waals surface area contributed by atoms with Crippen LogP contribution in [0.2, 0.25) is 0 Å². The molecule has 0 bridgehead atoms. The van der Waals surface area contributed by atoms with E-state index in [1.165, 1.54) is 0 Å². The van der Waals surface area contributed by atoms with Gasteiger partial charge in [-0.25, -0.2) is 4.79 Å². The molecular formula is C29H27NO3. The minimum Gasteiger partial charge on any atom is -0.457 e. The number of carbonyl (C=O) groups excluding carboxylic acids is 2. The fourth-order valence-electron chi connectivity index (χ4n) is 3.89. The van der Waals surface area contributed by atoms with Gasteiger partial charge in [0.2, 0.25) is 0 Å². The first-order valence-electron chi connectivity index (χ1n) is 11.1. The van der Waals surface area contributed by atoms with Crippen LogP contribution in [0.3, 0.4) is 0 Å². The number of ketones is 1. The lowest BCUT2D eigenvalue weighted by Gasteiger charge is -2.15. The van der Waals surface area contributed by atoms with Crippen molar-refractivity contribution in [3.63, 3.8) is 0 Å². The fraction of sp³-hybridized carbons (Fsp3) is 0.172. The molecule has 1 unspecified atom stereocenters. The average Bonchev–Trinajstić information content (AvgIpc) is 2.84. The molecule has 0 aliphatic heterocycles. The number of rotatable bonds is 8. The Morgan fingerprint density at radius 2 is 1.48 bits per heavy atom. The molecule has 4 nitrogen and oxygen atoms in total. The largest absolute Gasteiger partial charge is 0.457 e. The van der Waals surface area contributed by atoms with Gasteiger partial charge in [-0.2, -0.15) is 0 Å². The summed E-state index contributed by atoms with van der Waals surface area (Å²) in [6.07, 6.45) is 0.336. The molecule has 0 amide bonds. The lowest BCUT2D eigenvalue weighted by Crippen LogP contribution is -2.23. The smallest absolute Gasteiger partial charge is 0.338 e. The van der Waals surface area contributed by atoms with E-state index in [1.54, 1.807) is 12.1 Å². The second-order valence-corrected chi connectivity index (χ2v) is 8.30. The number of hydrogen-bond acceptors (Lipinski definition) is 4. The molecule has 4 rings (SSSR count). The molecule has 0 radical (unpaired) electrons. The van der Waals surface area contributed by atoms with Gasteiger partial charge in [-0.15, -0.1) is 0 Å². The molecule has 0 fully saturated rings. The number of hydrogen-bond donors (Lipinski definition) is 1. The molecule has 33 heavy (non-hydrogen) atoms. The highest BCUT2D eigenvalue weighted by molar-refractivity contribution is 5.90. The highest BCUT2D eigenvalue weighted by Crippen LogP contribution is 2.22. The van der Waals surface area contributed by atoms with E-state index in [9.17, 15) is 9.59 Å². The van der Waals surface area contributed by atoms with Crippen LogP contribution in [0.25, 0.3) is 10.8 Å². The quantitative estimate of drug-likeness (QED) is 0.377. The van der Waals surface area contributed by atoms with Crippen molar-refractivity contribution in [1.82, 2.24) is 0 Å². The van der Waals surface area contributed by atoms with E-state index in [0.717, 1.165) is 33.0 Å². The van der Waals surface area contributed by atoms with Gasteiger partial charge in [0.05, 0.1) is 11.5 Å². The Hall–Kier alpha value is -3.76. The van der Waals surface area contributed by atoms with Crippen molar-refractivity contribution in [2.24, 2.45) is 5.73 Å². The molecule has 4 aromatic carbocycles. The molecule has 0 heterocycles. The molecule has 2 N–H and O–H groups in total. The maximum Gasteiger partial charge on any atom is 0.338 e. The van der Waals surface area contributed by atoms with Crippen molar-refractivity contribution in [3.05, 3.63) is 119 Å². The zero-order chi connectivity index (χ0) is 23.2. The molecule has 0 aliphatic carbocycles. The third-order valence-electron chi connectivity index (χ3n) is 5.86. The summed E-state index contributed by atoms with van der Waals surface area (Å²) in [4.78, 5) is 25.2. The van der Waals surface area contributed by atoms with Crippen LogP contribution in [0.1, 0.15) is 38.5 Å². The Morgan fingerprint density at radius 3 is 2.18 bits per heavy atom. The second kappa shape index (κ2) is 10.2. The monoisotopic (exact) mass is 437 g/mol. The Bertz CT molecular complexity index is 1260. The van der Waals surface area contributed by atoms with Crippen molar-refractivity contribution in [3.8, 4) is 0 Å². The van der Waals surface area contributed by atoms with Gasteiger partial charge in [-0.05, 0) is 46.5 Å². The van der Waals surface area contributed by atoms with Crippen LogP contribution in [-0.4, -0.2) is 18.3 Å². The highest BCUT2D eigenvalue weighted by atomic mass is 16.5. The molecule has 0 spiro atoms. The zero-order valence-electron chi connectivity index (χ0n) is 18.7. The summed E-state index contributed by atoms with van der Waals surface area (Å²) in [5.41, 5.74) is 10.3. The number of fused-ring (bicyclic) bond motifs is 1. The molecule has 166 valence electrons. The minimum absolute atomic E-state index is 0.0892. The standard InChI is InChI=1S/C29H27NO3/c1-20-6-11-25(12-7-20)29(32)33-19-21-8-14-24(15-9-21)27(18-30)28(31)17-22-10-13-23-4-2-3-5-26(23)16-22/h2-16,27H,17-19,30H2,1H3. The Balaban J connectivity index is 1.38. The number of benzene rings is 4. The van der Waals surface area contributed by atoms with Crippen LogP contribution >= 0.6 is 0 Å². The molecule has 4 heteroatoms. The molecule has 0 aliphatic rings. The first-order valence-corrected chi connectivity index (χ1v) is 11.1. The van der Waals surface area contributed by atoms with Crippen LogP contribution in [0, 0.1) is 6.92 Å². The van der Waals surface area contributed by atoms with Crippen LogP contribution in [-0.2, 0) is 22.6 Å². The molecular weight excluding hydrogens is 410 g/mol. The van der Waals surface area contributed by atoms with Crippen LogP contribution in [0.5, 0.6) is 0 Å². The predicted octanol–water partition coefficient (Wildman–Crippen LogP) is 5.36. The summed E-state index contributed by atoms with van der Waals surface area (Å²) >= 11 is 0. The number of carbonyl (C=O) groups is 2. The van der Waals surface area contributed by atoms with E-state index < -0.39 is 0 Å². The Morgan fingerprint density at radius 1 is 0.818 bits per heavy atom. The van der Waals surface area contributed by atoms with Crippen molar-refractivity contribution < 1.29 is 14.3 Å². The molecule has 1 atom stereocenters. The van der Waals surface area contributed by atoms with Gasteiger partial charge in [-0.1, -0.05) is 84.4 Å². The maximum atomic E-state index is 13.0. The second-order valence-electron chi connectivity index (χ2n) is 8.30. The molecule has 0 saturated carbocycles. The number of aryl methyl sites for hydroxylation is 1. The van der Waals surface area contributed by atoms with Crippen molar-refractivity contribution in [1.29, 1.82) is 0 Å². The van der Waals surface area contributed by atoms with Gasteiger partial charge in [0, 0.05) is 13.0 Å². The molecule has 0 aromatic heterocycles. The van der Waals surface area contributed by atoms with E-state index in [-0.39, 0.29) is 30.8 Å². The SMILES string of the molecule is Cc1ccc(C(=O)OCc2ccc(C(CN)C(=O)Cc3ccc4ccccc4c3)cc2)cc1. The van der Waals surface area contributed by atoms with E-state index in [2.05, 4.69) is 12.1 Å². The van der Waals surface area contributed by atoms with E-state index in [0.29, 0.717) is 12.0 Å². The third-order valence-corrected chi connectivity index (χ3v) is 5.86. The first kappa shape index (κ1) is 22.4. The Kier molecular flexibility index (Phi) is 6.96. The first-order chi connectivity index (χ1) is 16.0. The molecule has 0 saturated heterocycles. The number of ether oxygens (including phenoxy) is 1. The third kappa shape index (κ3) is 5.54. The van der Waals surface area contributed by atoms with E-state index >= 15 is 0 Å². The maximum absolute atomic E-state index is 13.0. The number of esters is 1. The van der Waals surface area contributed by atoms with E-state index in [4.69, 9.17) is 10.5 Å². The van der Waals surface area contributed by atoms with Gasteiger partial charge in [-0.3, -0.25) is 4.79 Å². The van der Waals surface area contributed by atoms with Gasteiger partial charge in [0.15, 0.2) is 0 Å².